The highest BCUT2D eigenvalue weighted by Crippen LogP contribution is 2.25. The summed E-state index contributed by atoms with van der Waals surface area (Å²) in [6, 6.07) is 6.10. The molecule has 1 aromatic rings. The van der Waals surface area contributed by atoms with E-state index >= 15 is 0 Å². The zero-order chi connectivity index (χ0) is 15.2. The Hall–Kier alpha value is -1.59. The molecule has 1 aliphatic carbocycles. The number of carbonyl (C=O) groups excluding carboxylic acids is 1. The van der Waals surface area contributed by atoms with Gasteiger partial charge in [0.25, 0.3) is 0 Å². The molecule has 1 saturated carbocycles. The zero-order valence-electron chi connectivity index (χ0n) is 12.2. The van der Waals surface area contributed by atoms with E-state index in [4.69, 9.17) is 5.73 Å². The Bertz CT molecular complexity index is 455. The maximum Gasteiger partial charge on any atom is 0.223 e. The molecule has 116 valence electrons. The number of nitrogen functional groups attached to an aromatic ring is 1. The first kappa shape index (κ1) is 15.8. The molecular formula is C16H24N2O3. The van der Waals surface area contributed by atoms with Crippen molar-refractivity contribution in [3.8, 4) is 0 Å². The Labute approximate surface area is 125 Å². The predicted molar refractivity (Wildman–Crippen MR) is 81.4 cm³/mol. The minimum Gasteiger partial charge on any atom is -0.399 e. The van der Waals surface area contributed by atoms with E-state index in [1.165, 1.54) is 6.42 Å². The number of aliphatic hydroxyl groups excluding tert-OH is 2. The molecule has 0 aliphatic heterocycles. The smallest absolute Gasteiger partial charge is 0.223 e. The number of aliphatic hydroxyl groups is 2. The Morgan fingerprint density at radius 2 is 1.86 bits per heavy atom. The fourth-order valence-electron chi connectivity index (χ4n) is 2.82. The third-order valence-electron chi connectivity index (χ3n) is 4.16. The number of anilines is 1. The van der Waals surface area contributed by atoms with Crippen molar-refractivity contribution in [1.82, 2.24) is 5.32 Å². The second kappa shape index (κ2) is 7.43. The molecule has 0 bridgehead atoms. The quantitative estimate of drug-likeness (QED) is 0.616. The molecule has 1 aromatic carbocycles. The summed E-state index contributed by atoms with van der Waals surface area (Å²) in [6.07, 6.45) is 4.17. The van der Waals surface area contributed by atoms with Gasteiger partial charge in [0.1, 0.15) is 6.10 Å². The lowest BCUT2D eigenvalue weighted by atomic mass is 9.88. The number of carbonyl (C=O) groups is 1. The summed E-state index contributed by atoms with van der Waals surface area (Å²) in [5.41, 5.74) is 6.85. The number of amides is 1. The van der Waals surface area contributed by atoms with E-state index in [9.17, 15) is 15.0 Å². The molecule has 0 heterocycles. The van der Waals surface area contributed by atoms with E-state index in [1.54, 1.807) is 24.3 Å². The van der Waals surface area contributed by atoms with Crippen LogP contribution >= 0.6 is 0 Å². The van der Waals surface area contributed by atoms with Crippen LogP contribution < -0.4 is 11.1 Å². The van der Waals surface area contributed by atoms with E-state index in [-0.39, 0.29) is 18.4 Å². The SMILES string of the molecule is Nc1ccc(C(O)C(CO)NC(=O)C2CCCCC2)cc1. The summed E-state index contributed by atoms with van der Waals surface area (Å²) in [6.45, 7) is -0.302. The lowest BCUT2D eigenvalue weighted by Crippen LogP contribution is -2.45. The van der Waals surface area contributed by atoms with Gasteiger partial charge in [-0.05, 0) is 30.5 Å². The zero-order valence-corrected chi connectivity index (χ0v) is 12.2. The Morgan fingerprint density at radius 3 is 2.43 bits per heavy atom. The predicted octanol–water partition coefficient (Wildman–Crippen LogP) is 1.36. The first-order valence-electron chi connectivity index (χ1n) is 7.56. The number of benzene rings is 1. The van der Waals surface area contributed by atoms with Crippen molar-refractivity contribution in [2.75, 3.05) is 12.3 Å². The number of hydrogen-bond donors (Lipinski definition) is 4. The van der Waals surface area contributed by atoms with Gasteiger partial charge in [-0.15, -0.1) is 0 Å². The lowest BCUT2D eigenvalue weighted by Gasteiger charge is -2.27. The standard InChI is InChI=1S/C16H24N2O3/c17-13-8-6-11(7-9-13)15(20)14(10-19)18-16(21)12-4-2-1-3-5-12/h6-9,12,14-15,19-20H,1-5,10,17H2,(H,18,21). The molecule has 21 heavy (non-hydrogen) atoms. The third kappa shape index (κ3) is 4.19. The van der Waals surface area contributed by atoms with Gasteiger partial charge in [-0.1, -0.05) is 31.4 Å². The summed E-state index contributed by atoms with van der Waals surface area (Å²) >= 11 is 0. The number of nitrogens with one attached hydrogen (secondary N) is 1. The highest BCUT2D eigenvalue weighted by atomic mass is 16.3. The van der Waals surface area contributed by atoms with Crippen LogP contribution in [0.1, 0.15) is 43.8 Å². The van der Waals surface area contributed by atoms with Crippen LogP contribution in [0.4, 0.5) is 5.69 Å². The molecule has 5 N–H and O–H groups in total. The fraction of sp³-hybridized carbons (Fsp3) is 0.562. The minimum atomic E-state index is -0.942. The second-order valence-electron chi connectivity index (χ2n) is 5.74. The summed E-state index contributed by atoms with van der Waals surface area (Å²) in [4.78, 5) is 12.2. The van der Waals surface area contributed by atoms with Crippen LogP contribution in [0.15, 0.2) is 24.3 Å². The third-order valence-corrected chi connectivity index (χ3v) is 4.16. The maximum absolute atomic E-state index is 12.2. The first-order chi connectivity index (χ1) is 10.1. The van der Waals surface area contributed by atoms with E-state index in [1.807, 2.05) is 0 Å². The summed E-state index contributed by atoms with van der Waals surface area (Å²) in [5.74, 6) is -0.0605. The van der Waals surface area contributed by atoms with Crippen molar-refractivity contribution in [2.24, 2.45) is 5.92 Å². The van der Waals surface area contributed by atoms with Gasteiger partial charge in [-0.25, -0.2) is 0 Å². The molecule has 0 spiro atoms. The molecule has 2 rings (SSSR count). The summed E-state index contributed by atoms with van der Waals surface area (Å²) in [5, 5.41) is 22.5. The van der Waals surface area contributed by atoms with Crippen molar-refractivity contribution in [3.05, 3.63) is 29.8 Å². The molecule has 2 unspecified atom stereocenters. The van der Waals surface area contributed by atoms with Gasteiger partial charge >= 0.3 is 0 Å². The minimum absolute atomic E-state index is 0.00594. The van der Waals surface area contributed by atoms with Gasteiger partial charge in [0.2, 0.25) is 5.91 Å². The van der Waals surface area contributed by atoms with Crippen molar-refractivity contribution in [2.45, 2.75) is 44.2 Å². The van der Waals surface area contributed by atoms with Gasteiger partial charge in [0, 0.05) is 11.6 Å². The lowest BCUT2D eigenvalue weighted by molar-refractivity contribution is -0.128. The van der Waals surface area contributed by atoms with Gasteiger partial charge in [-0.3, -0.25) is 4.79 Å². The van der Waals surface area contributed by atoms with E-state index in [0.29, 0.717) is 11.3 Å². The topological polar surface area (TPSA) is 95.6 Å². The van der Waals surface area contributed by atoms with Crippen LogP contribution in [0.3, 0.4) is 0 Å². The number of nitrogens with two attached hydrogens (primary N) is 1. The Morgan fingerprint density at radius 1 is 1.24 bits per heavy atom. The highest BCUT2D eigenvalue weighted by Gasteiger charge is 2.27. The Kier molecular flexibility index (Phi) is 5.59. The Balaban J connectivity index is 1.98. The molecule has 5 heteroatoms. The van der Waals surface area contributed by atoms with Gasteiger partial charge in [0.15, 0.2) is 0 Å². The van der Waals surface area contributed by atoms with Crippen LogP contribution in [-0.4, -0.2) is 28.8 Å². The highest BCUT2D eigenvalue weighted by molar-refractivity contribution is 5.79. The van der Waals surface area contributed by atoms with Crippen molar-refractivity contribution < 1.29 is 15.0 Å². The van der Waals surface area contributed by atoms with Crippen molar-refractivity contribution in [1.29, 1.82) is 0 Å². The van der Waals surface area contributed by atoms with Crippen LogP contribution in [0.5, 0.6) is 0 Å². The van der Waals surface area contributed by atoms with Crippen LogP contribution in [0, 0.1) is 5.92 Å². The van der Waals surface area contributed by atoms with Crippen LogP contribution in [-0.2, 0) is 4.79 Å². The molecule has 1 amide bonds. The molecule has 1 fully saturated rings. The normalized spacial score (nSPS) is 19.0. The molecule has 0 radical (unpaired) electrons. The number of rotatable bonds is 5. The van der Waals surface area contributed by atoms with Crippen LogP contribution in [0.2, 0.25) is 0 Å². The molecule has 5 nitrogen and oxygen atoms in total. The first-order valence-corrected chi connectivity index (χ1v) is 7.56. The van der Waals surface area contributed by atoms with E-state index in [2.05, 4.69) is 5.32 Å². The molecule has 0 aromatic heterocycles. The molecular weight excluding hydrogens is 268 g/mol. The average molecular weight is 292 g/mol. The monoisotopic (exact) mass is 292 g/mol. The van der Waals surface area contributed by atoms with Gasteiger partial charge < -0.3 is 21.3 Å². The molecule has 0 saturated heterocycles. The largest absolute Gasteiger partial charge is 0.399 e. The molecule has 1 aliphatic rings. The van der Waals surface area contributed by atoms with E-state index < -0.39 is 12.1 Å². The maximum atomic E-state index is 12.2. The van der Waals surface area contributed by atoms with Crippen molar-refractivity contribution >= 4 is 11.6 Å². The van der Waals surface area contributed by atoms with Crippen LogP contribution in [0.25, 0.3) is 0 Å². The number of hydrogen-bond acceptors (Lipinski definition) is 4. The summed E-state index contributed by atoms with van der Waals surface area (Å²) in [7, 11) is 0. The van der Waals surface area contributed by atoms with Gasteiger partial charge in [-0.2, -0.15) is 0 Å². The van der Waals surface area contributed by atoms with Crippen molar-refractivity contribution in [3.63, 3.8) is 0 Å². The summed E-state index contributed by atoms with van der Waals surface area (Å²) < 4.78 is 0. The average Bonchev–Trinajstić information content (AvgIpc) is 2.53. The van der Waals surface area contributed by atoms with E-state index in [0.717, 1.165) is 25.7 Å². The fourth-order valence-corrected chi connectivity index (χ4v) is 2.82. The second-order valence-corrected chi connectivity index (χ2v) is 5.74. The molecule has 2 atom stereocenters. The van der Waals surface area contributed by atoms with Gasteiger partial charge in [0.05, 0.1) is 12.6 Å².